The van der Waals surface area contributed by atoms with Gasteiger partial charge in [-0.2, -0.15) is 0 Å². The molecule has 0 saturated heterocycles. The van der Waals surface area contributed by atoms with E-state index in [-0.39, 0.29) is 5.71 Å². The number of nitrogen functional groups attached to an aromatic ring is 1. The molecule has 1 saturated carbocycles. The Labute approximate surface area is 181 Å². The Morgan fingerprint density at radius 1 is 1.29 bits per heavy atom. The summed E-state index contributed by atoms with van der Waals surface area (Å²) in [6.07, 6.45) is 12.8. The van der Waals surface area contributed by atoms with Gasteiger partial charge in [0.25, 0.3) is 0 Å². The molecule has 0 atom stereocenters. The van der Waals surface area contributed by atoms with E-state index in [2.05, 4.69) is 38.4 Å². The molecule has 0 radical (unpaired) electrons. The quantitative estimate of drug-likeness (QED) is 0.316. The van der Waals surface area contributed by atoms with Crippen molar-refractivity contribution in [3.05, 3.63) is 84.5 Å². The number of hydrogen-bond acceptors (Lipinski definition) is 6. The van der Waals surface area contributed by atoms with Gasteiger partial charge in [0.05, 0.1) is 35.2 Å². The smallest absolute Gasteiger partial charge is 0.156 e. The fourth-order valence-corrected chi connectivity index (χ4v) is 3.25. The number of anilines is 2. The van der Waals surface area contributed by atoms with Gasteiger partial charge in [0, 0.05) is 28.7 Å². The Bertz CT molecular complexity index is 1200. The van der Waals surface area contributed by atoms with Crippen molar-refractivity contribution in [2.75, 3.05) is 11.1 Å². The van der Waals surface area contributed by atoms with E-state index in [0.29, 0.717) is 28.7 Å². The van der Waals surface area contributed by atoms with Gasteiger partial charge in [-0.25, -0.2) is 4.98 Å². The number of H-pyrrole nitrogens is 1. The number of aromatic amines is 1. The van der Waals surface area contributed by atoms with Crippen LogP contribution in [0.25, 0.3) is 17.3 Å². The third kappa shape index (κ3) is 4.45. The summed E-state index contributed by atoms with van der Waals surface area (Å²) in [7, 11) is 0. The van der Waals surface area contributed by atoms with Crippen LogP contribution in [0.1, 0.15) is 35.6 Å². The molecule has 5 N–H and O–H groups in total. The molecule has 3 heterocycles. The van der Waals surface area contributed by atoms with Gasteiger partial charge in [-0.15, -0.1) is 0 Å². The lowest BCUT2D eigenvalue weighted by Gasteiger charge is -2.11. The third-order valence-electron chi connectivity index (χ3n) is 5.16. The minimum atomic E-state index is 0.201. The maximum absolute atomic E-state index is 8.66. The summed E-state index contributed by atoms with van der Waals surface area (Å²) in [5.74, 6) is 0.993. The van der Waals surface area contributed by atoms with Crippen molar-refractivity contribution in [1.82, 2.24) is 19.9 Å². The lowest BCUT2D eigenvalue weighted by molar-refractivity contribution is 1.02. The van der Waals surface area contributed by atoms with Crippen LogP contribution in [-0.2, 0) is 0 Å². The monoisotopic (exact) mass is 411 g/mol. The lowest BCUT2D eigenvalue weighted by atomic mass is 10.1. The molecular formula is C24H25N7. The zero-order chi connectivity index (χ0) is 22.0. The van der Waals surface area contributed by atoms with E-state index >= 15 is 0 Å². The number of pyridine rings is 2. The summed E-state index contributed by atoms with van der Waals surface area (Å²) in [6.45, 7) is 9.69. The molecule has 156 valence electrons. The van der Waals surface area contributed by atoms with Crippen LogP contribution in [0, 0.1) is 18.3 Å². The summed E-state index contributed by atoms with van der Waals surface area (Å²) >= 11 is 0. The van der Waals surface area contributed by atoms with Crippen LogP contribution in [0.3, 0.4) is 0 Å². The van der Waals surface area contributed by atoms with Crippen LogP contribution in [0.4, 0.5) is 11.4 Å². The first-order valence-corrected chi connectivity index (χ1v) is 10.1. The number of nitrogens with two attached hydrogens (primary N) is 1. The molecule has 1 aliphatic rings. The van der Waals surface area contributed by atoms with Crippen molar-refractivity contribution in [1.29, 1.82) is 5.41 Å². The first kappa shape index (κ1) is 20.3. The number of nitrogens with zero attached hydrogens (tertiary/aromatic N) is 3. The van der Waals surface area contributed by atoms with Crippen molar-refractivity contribution < 1.29 is 0 Å². The molecule has 0 aliphatic heterocycles. The van der Waals surface area contributed by atoms with Crippen LogP contribution in [0.15, 0.2) is 61.7 Å². The van der Waals surface area contributed by atoms with Gasteiger partial charge in [-0.1, -0.05) is 25.3 Å². The highest BCUT2D eigenvalue weighted by molar-refractivity contribution is 6.12. The SMILES string of the molecule is C=C/C=C\c1nc(C(=N)c2cc(-c3cncc(NC(=C)C4CC4)c3)ncc2N)[nH]c1C. The second kappa shape index (κ2) is 8.39. The maximum atomic E-state index is 8.66. The lowest BCUT2D eigenvalue weighted by Crippen LogP contribution is -2.08. The molecule has 1 aliphatic carbocycles. The van der Waals surface area contributed by atoms with E-state index in [4.69, 9.17) is 11.1 Å². The normalized spacial score (nSPS) is 13.3. The topological polar surface area (TPSA) is 116 Å². The summed E-state index contributed by atoms with van der Waals surface area (Å²) < 4.78 is 0. The zero-order valence-corrected chi connectivity index (χ0v) is 17.4. The average molecular weight is 412 g/mol. The van der Waals surface area contributed by atoms with Gasteiger partial charge in [-0.05, 0) is 43.9 Å². The summed E-state index contributed by atoms with van der Waals surface area (Å²) in [4.78, 5) is 16.5. The van der Waals surface area contributed by atoms with Crippen molar-refractivity contribution in [3.8, 4) is 11.3 Å². The Morgan fingerprint density at radius 3 is 2.84 bits per heavy atom. The van der Waals surface area contributed by atoms with E-state index in [0.717, 1.165) is 28.3 Å². The molecule has 1 fully saturated rings. The minimum Gasteiger partial charge on any atom is -0.397 e. The number of aryl methyl sites for hydroxylation is 1. The Hall–Kier alpha value is -4.00. The van der Waals surface area contributed by atoms with Crippen LogP contribution >= 0.6 is 0 Å². The molecule has 31 heavy (non-hydrogen) atoms. The fourth-order valence-electron chi connectivity index (χ4n) is 3.25. The maximum Gasteiger partial charge on any atom is 0.156 e. The fraction of sp³-hybridized carbons (Fsp3) is 0.167. The number of aromatic nitrogens is 4. The standard InChI is InChI=1S/C24H25N7/c1-4-5-6-21-15(3)30-24(31-21)23(26)19-10-22(28-13-20(19)25)17-9-18(12-27-11-17)29-14(2)16-7-8-16/h4-6,9-13,16,26,29H,1-2,7-8,25H2,3H3,(H,30,31)/b6-5-,26-23?. The molecule has 0 bridgehead atoms. The predicted molar refractivity (Wildman–Crippen MR) is 126 cm³/mol. The Kier molecular flexibility index (Phi) is 5.49. The molecular weight excluding hydrogens is 386 g/mol. The van der Waals surface area contributed by atoms with E-state index in [9.17, 15) is 0 Å². The molecule has 3 aromatic heterocycles. The highest BCUT2D eigenvalue weighted by Crippen LogP contribution is 2.36. The zero-order valence-electron chi connectivity index (χ0n) is 17.4. The minimum absolute atomic E-state index is 0.201. The van der Waals surface area contributed by atoms with Gasteiger partial charge in [0.1, 0.15) is 5.71 Å². The van der Waals surface area contributed by atoms with E-state index in [1.807, 2.05) is 19.1 Å². The van der Waals surface area contributed by atoms with Gasteiger partial charge >= 0.3 is 0 Å². The highest BCUT2D eigenvalue weighted by atomic mass is 14.9. The third-order valence-corrected chi connectivity index (χ3v) is 5.16. The number of hydrogen-bond donors (Lipinski definition) is 4. The molecule has 7 heteroatoms. The Morgan fingerprint density at radius 2 is 2.10 bits per heavy atom. The Balaban J connectivity index is 1.63. The predicted octanol–water partition coefficient (Wildman–Crippen LogP) is 4.71. The molecule has 0 unspecified atom stereocenters. The molecule has 0 spiro atoms. The number of nitrogens with one attached hydrogen (secondary N) is 3. The van der Waals surface area contributed by atoms with E-state index in [1.165, 1.54) is 12.8 Å². The van der Waals surface area contributed by atoms with Gasteiger partial charge in [-0.3, -0.25) is 15.4 Å². The van der Waals surface area contributed by atoms with E-state index < -0.39 is 0 Å². The summed E-state index contributed by atoms with van der Waals surface area (Å²) in [6, 6.07) is 3.77. The molecule has 0 aromatic carbocycles. The van der Waals surface area contributed by atoms with Crippen LogP contribution in [0.5, 0.6) is 0 Å². The van der Waals surface area contributed by atoms with Crippen molar-refractivity contribution >= 4 is 23.2 Å². The number of rotatable bonds is 8. The largest absolute Gasteiger partial charge is 0.397 e. The van der Waals surface area contributed by atoms with Crippen LogP contribution < -0.4 is 11.1 Å². The summed E-state index contributed by atoms with van der Waals surface area (Å²) in [5, 5.41) is 12.0. The molecule has 4 rings (SSSR count). The number of allylic oxidation sites excluding steroid dienone is 3. The van der Waals surface area contributed by atoms with Crippen molar-refractivity contribution in [3.63, 3.8) is 0 Å². The van der Waals surface area contributed by atoms with Gasteiger partial charge in [0.2, 0.25) is 0 Å². The molecule has 7 nitrogen and oxygen atoms in total. The van der Waals surface area contributed by atoms with E-state index in [1.54, 1.807) is 36.8 Å². The summed E-state index contributed by atoms with van der Waals surface area (Å²) in [5.41, 5.74) is 12.3. The highest BCUT2D eigenvalue weighted by Gasteiger charge is 2.24. The average Bonchev–Trinajstić information content (AvgIpc) is 3.55. The van der Waals surface area contributed by atoms with Crippen molar-refractivity contribution in [2.45, 2.75) is 19.8 Å². The first-order chi connectivity index (χ1) is 15.0. The van der Waals surface area contributed by atoms with Crippen LogP contribution in [0.2, 0.25) is 0 Å². The van der Waals surface area contributed by atoms with Gasteiger partial charge in [0.15, 0.2) is 5.82 Å². The van der Waals surface area contributed by atoms with Crippen molar-refractivity contribution in [2.24, 2.45) is 5.92 Å². The van der Waals surface area contributed by atoms with Gasteiger partial charge < -0.3 is 16.0 Å². The molecule has 0 amide bonds. The second-order valence-corrected chi connectivity index (χ2v) is 7.61. The van der Waals surface area contributed by atoms with Crippen LogP contribution in [-0.4, -0.2) is 25.6 Å². The number of imidazole rings is 1. The second-order valence-electron chi connectivity index (χ2n) is 7.61. The molecule has 3 aromatic rings. The first-order valence-electron chi connectivity index (χ1n) is 10.1.